The van der Waals surface area contributed by atoms with Crippen molar-refractivity contribution in [1.82, 2.24) is 14.8 Å². The van der Waals surface area contributed by atoms with Crippen LogP contribution in [0.4, 0.5) is 0 Å². The first-order valence-electron chi connectivity index (χ1n) is 13.4. The van der Waals surface area contributed by atoms with Crippen LogP contribution in [0.5, 0.6) is 5.75 Å². The minimum Gasteiger partial charge on any atom is -0.486 e. The zero-order chi connectivity index (χ0) is 27.4. The van der Waals surface area contributed by atoms with E-state index in [0.717, 1.165) is 22.6 Å². The van der Waals surface area contributed by atoms with E-state index in [0.29, 0.717) is 30.1 Å². The molecular formula is C32H33N3O3S. The third-order valence-electron chi connectivity index (χ3n) is 7.10. The van der Waals surface area contributed by atoms with Crippen LogP contribution in [0.2, 0.25) is 0 Å². The Labute approximate surface area is 233 Å². The summed E-state index contributed by atoms with van der Waals surface area (Å²) < 4.78 is 6.17. The van der Waals surface area contributed by atoms with Crippen LogP contribution in [0.1, 0.15) is 69.4 Å². The van der Waals surface area contributed by atoms with Crippen molar-refractivity contribution < 1.29 is 14.3 Å². The molecule has 1 aliphatic heterocycles. The lowest BCUT2D eigenvalue weighted by Gasteiger charge is -2.38. The van der Waals surface area contributed by atoms with Crippen LogP contribution in [0.15, 0.2) is 84.2 Å². The molecule has 3 aromatic carbocycles. The Hall–Kier alpha value is -3.97. The molecule has 200 valence electrons. The van der Waals surface area contributed by atoms with Crippen molar-refractivity contribution in [2.24, 2.45) is 0 Å². The SMILES string of the molecule is CCN(C(=O)c1csc(COc2ccc3c(c2)C(c2ccccc2)N(C(=O)c2ccccc2)CC3)n1)C(C)C. The fraction of sp³-hybridized carbons (Fsp3) is 0.281. The molecule has 6 nitrogen and oxygen atoms in total. The molecule has 2 heterocycles. The molecular weight excluding hydrogens is 506 g/mol. The first-order chi connectivity index (χ1) is 19.0. The Morgan fingerprint density at radius 1 is 1.05 bits per heavy atom. The minimum absolute atomic E-state index is 0.0175. The lowest BCUT2D eigenvalue weighted by Crippen LogP contribution is -2.40. The lowest BCUT2D eigenvalue weighted by atomic mass is 9.87. The summed E-state index contributed by atoms with van der Waals surface area (Å²) in [5.74, 6) is 0.672. The number of aromatic nitrogens is 1. The van der Waals surface area contributed by atoms with Gasteiger partial charge in [0.25, 0.3) is 11.8 Å². The molecule has 1 atom stereocenters. The number of ether oxygens (including phenoxy) is 1. The van der Waals surface area contributed by atoms with Crippen LogP contribution < -0.4 is 4.74 Å². The average molecular weight is 540 g/mol. The maximum absolute atomic E-state index is 13.6. The van der Waals surface area contributed by atoms with Crippen molar-refractivity contribution in [1.29, 1.82) is 0 Å². The van der Waals surface area contributed by atoms with Crippen LogP contribution in [-0.2, 0) is 13.0 Å². The smallest absolute Gasteiger partial charge is 0.273 e. The number of hydrogen-bond acceptors (Lipinski definition) is 5. The summed E-state index contributed by atoms with van der Waals surface area (Å²) in [6.07, 6.45) is 0.777. The summed E-state index contributed by atoms with van der Waals surface area (Å²) >= 11 is 1.43. The van der Waals surface area contributed by atoms with Gasteiger partial charge in [-0.1, -0.05) is 54.6 Å². The van der Waals surface area contributed by atoms with E-state index in [1.165, 1.54) is 16.9 Å². The van der Waals surface area contributed by atoms with Crippen LogP contribution in [-0.4, -0.2) is 45.7 Å². The highest BCUT2D eigenvalue weighted by molar-refractivity contribution is 7.09. The monoisotopic (exact) mass is 539 g/mol. The van der Waals surface area contributed by atoms with Gasteiger partial charge in [-0.05, 0) is 68.1 Å². The van der Waals surface area contributed by atoms with E-state index in [1.54, 1.807) is 10.3 Å². The number of fused-ring (bicyclic) bond motifs is 1. The predicted molar refractivity (Wildman–Crippen MR) is 154 cm³/mol. The molecule has 2 amide bonds. The molecule has 1 aliphatic rings. The van der Waals surface area contributed by atoms with Crippen molar-refractivity contribution in [3.63, 3.8) is 0 Å². The van der Waals surface area contributed by atoms with Crippen LogP contribution in [0.3, 0.4) is 0 Å². The number of amides is 2. The van der Waals surface area contributed by atoms with Gasteiger partial charge in [0.05, 0.1) is 6.04 Å². The standard InChI is InChI=1S/C32H33N3O3S/c1-4-34(22(2)3)32(37)28-21-39-29(33-28)20-38-26-16-15-23-17-18-35(31(36)25-13-9-6-10-14-25)30(27(23)19-26)24-11-7-5-8-12-24/h5-16,19,21-22,30H,4,17-18,20H2,1-3H3. The topological polar surface area (TPSA) is 62.7 Å². The second-order valence-corrected chi connectivity index (χ2v) is 10.8. The van der Waals surface area contributed by atoms with Crippen molar-refractivity contribution in [3.05, 3.63) is 117 Å². The number of benzene rings is 3. The zero-order valence-electron chi connectivity index (χ0n) is 22.5. The third-order valence-corrected chi connectivity index (χ3v) is 7.92. The van der Waals surface area contributed by atoms with E-state index in [1.807, 2.05) is 80.3 Å². The number of rotatable bonds is 8. The highest BCUT2D eigenvalue weighted by Crippen LogP contribution is 2.38. The molecule has 7 heteroatoms. The zero-order valence-corrected chi connectivity index (χ0v) is 23.4. The molecule has 0 N–H and O–H groups in total. The van der Waals surface area contributed by atoms with E-state index in [4.69, 9.17) is 4.74 Å². The third kappa shape index (κ3) is 5.73. The van der Waals surface area contributed by atoms with Gasteiger partial charge >= 0.3 is 0 Å². The van der Waals surface area contributed by atoms with Gasteiger partial charge < -0.3 is 14.5 Å². The summed E-state index contributed by atoms with van der Waals surface area (Å²) in [6.45, 7) is 7.54. The molecule has 0 saturated heterocycles. The minimum atomic E-state index is -0.216. The largest absolute Gasteiger partial charge is 0.486 e. The Morgan fingerprint density at radius 2 is 1.77 bits per heavy atom. The molecule has 0 bridgehead atoms. The average Bonchev–Trinajstić information content (AvgIpc) is 3.45. The Morgan fingerprint density at radius 3 is 2.46 bits per heavy atom. The molecule has 0 spiro atoms. The molecule has 1 unspecified atom stereocenters. The van der Waals surface area contributed by atoms with Gasteiger partial charge in [0, 0.05) is 30.1 Å². The molecule has 0 aliphatic carbocycles. The number of thiazole rings is 1. The van der Waals surface area contributed by atoms with Crippen LogP contribution in [0.25, 0.3) is 0 Å². The summed E-state index contributed by atoms with van der Waals surface area (Å²) in [6, 6.07) is 25.6. The second-order valence-electron chi connectivity index (χ2n) is 9.89. The van der Waals surface area contributed by atoms with Gasteiger partial charge in [-0.25, -0.2) is 4.98 Å². The second kappa shape index (κ2) is 11.8. The normalized spacial score (nSPS) is 14.7. The van der Waals surface area contributed by atoms with E-state index in [9.17, 15) is 9.59 Å². The molecule has 4 aromatic rings. The fourth-order valence-electron chi connectivity index (χ4n) is 5.15. The maximum atomic E-state index is 13.6. The molecule has 0 fully saturated rings. The number of hydrogen-bond donors (Lipinski definition) is 0. The van der Waals surface area contributed by atoms with Crippen LogP contribution >= 0.6 is 11.3 Å². The van der Waals surface area contributed by atoms with Crippen molar-refractivity contribution in [2.45, 2.75) is 45.9 Å². The summed E-state index contributed by atoms with van der Waals surface area (Å²) in [5.41, 5.74) is 4.48. The van der Waals surface area contributed by atoms with E-state index in [-0.39, 0.29) is 30.5 Å². The first-order valence-corrected chi connectivity index (χ1v) is 14.3. The molecule has 0 radical (unpaired) electrons. The highest BCUT2D eigenvalue weighted by Gasteiger charge is 2.33. The first kappa shape index (κ1) is 26.6. The van der Waals surface area contributed by atoms with Gasteiger partial charge in [-0.15, -0.1) is 11.3 Å². The summed E-state index contributed by atoms with van der Waals surface area (Å²) in [5, 5.41) is 2.55. The van der Waals surface area contributed by atoms with E-state index in [2.05, 4.69) is 29.2 Å². The maximum Gasteiger partial charge on any atom is 0.273 e. The Bertz CT molecular complexity index is 1440. The van der Waals surface area contributed by atoms with Gasteiger partial charge in [0.1, 0.15) is 23.1 Å². The number of carbonyl (C=O) groups excluding carboxylic acids is 2. The molecule has 0 saturated carbocycles. The summed E-state index contributed by atoms with van der Waals surface area (Å²) in [7, 11) is 0. The van der Waals surface area contributed by atoms with Gasteiger partial charge in [-0.2, -0.15) is 0 Å². The van der Waals surface area contributed by atoms with Crippen molar-refractivity contribution in [2.75, 3.05) is 13.1 Å². The molecule has 39 heavy (non-hydrogen) atoms. The molecule has 5 rings (SSSR count). The van der Waals surface area contributed by atoms with Crippen LogP contribution in [0, 0.1) is 0 Å². The molecule has 1 aromatic heterocycles. The predicted octanol–water partition coefficient (Wildman–Crippen LogP) is 6.38. The van der Waals surface area contributed by atoms with Gasteiger partial charge in [-0.3, -0.25) is 9.59 Å². The lowest BCUT2D eigenvalue weighted by molar-refractivity contribution is 0.0691. The highest BCUT2D eigenvalue weighted by atomic mass is 32.1. The van der Waals surface area contributed by atoms with E-state index < -0.39 is 0 Å². The van der Waals surface area contributed by atoms with Crippen molar-refractivity contribution in [3.8, 4) is 5.75 Å². The quantitative estimate of drug-likeness (QED) is 0.261. The van der Waals surface area contributed by atoms with Gasteiger partial charge in [0.2, 0.25) is 0 Å². The fourth-order valence-corrected chi connectivity index (χ4v) is 5.83. The number of nitrogens with zero attached hydrogens (tertiary/aromatic N) is 3. The number of carbonyl (C=O) groups is 2. The Kier molecular flexibility index (Phi) is 8.07. The van der Waals surface area contributed by atoms with E-state index >= 15 is 0 Å². The van der Waals surface area contributed by atoms with Gasteiger partial charge in [0.15, 0.2) is 0 Å². The summed E-state index contributed by atoms with van der Waals surface area (Å²) in [4.78, 5) is 34.7. The Balaban J connectivity index is 1.39. The van der Waals surface area contributed by atoms with Crippen molar-refractivity contribution >= 4 is 23.2 Å².